The van der Waals surface area contributed by atoms with Crippen LogP contribution in [0.2, 0.25) is 0 Å². The smallest absolute Gasteiger partial charge is 0.234 e. The molecule has 5 nitrogen and oxygen atoms in total. The third-order valence-corrected chi connectivity index (χ3v) is 3.96. The highest BCUT2D eigenvalue weighted by Crippen LogP contribution is 2.08. The number of nitrogens with two attached hydrogens (primary N) is 1. The van der Waals surface area contributed by atoms with Crippen molar-refractivity contribution in [2.24, 2.45) is 5.73 Å². The maximum absolute atomic E-state index is 12.1. The van der Waals surface area contributed by atoms with Crippen molar-refractivity contribution in [3.63, 3.8) is 0 Å². The summed E-state index contributed by atoms with van der Waals surface area (Å²) in [4.78, 5) is 27.0. The van der Waals surface area contributed by atoms with Crippen LogP contribution in [0.1, 0.15) is 11.3 Å². The summed E-state index contributed by atoms with van der Waals surface area (Å²) < 4.78 is 0. The number of hydrogen-bond acceptors (Lipinski definition) is 3. The van der Waals surface area contributed by atoms with Crippen molar-refractivity contribution in [2.45, 2.75) is 19.0 Å². The molecular weight excluding hydrogens is 302 g/mol. The number of nitrogens with one attached hydrogen (secondary N) is 2. The molecule has 1 amide bonds. The molecule has 0 saturated carbocycles. The Bertz CT molecular complexity index is 903. The molecule has 0 bridgehead atoms. The molecule has 3 aromatic rings. The zero-order valence-electron chi connectivity index (χ0n) is 13.2. The van der Waals surface area contributed by atoms with Gasteiger partial charge in [0.25, 0.3) is 0 Å². The standard InChI is InChI=1S/C19H19N3O2/c20-19(24)17(10-13-6-2-1-3-7-13)21-12-14-11-18(23)15-8-4-5-9-16(15)22-14/h1-9,11,17,21H,10,12H2,(H2,20,24)(H,22,23)/t17-/m0/s1. The van der Waals surface area contributed by atoms with Crippen molar-refractivity contribution in [3.8, 4) is 0 Å². The van der Waals surface area contributed by atoms with Crippen molar-refractivity contribution >= 4 is 16.8 Å². The summed E-state index contributed by atoms with van der Waals surface area (Å²) in [5.41, 5.74) is 7.98. The van der Waals surface area contributed by atoms with Crippen molar-refractivity contribution in [1.82, 2.24) is 10.3 Å². The summed E-state index contributed by atoms with van der Waals surface area (Å²) in [5.74, 6) is -0.415. The van der Waals surface area contributed by atoms with Gasteiger partial charge in [0, 0.05) is 29.2 Å². The molecular formula is C19H19N3O2. The van der Waals surface area contributed by atoms with Gasteiger partial charge in [-0.05, 0) is 24.1 Å². The number of aromatic nitrogens is 1. The first-order valence-electron chi connectivity index (χ1n) is 7.81. The lowest BCUT2D eigenvalue weighted by molar-refractivity contribution is -0.120. The van der Waals surface area contributed by atoms with Gasteiger partial charge in [0.05, 0.1) is 6.04 Å². The second-order valence-electron chi connectivity index (χ2n) is 5.73. The number of carbonyl (C=O) groups excluding carboxylic acids is 1. The number of H-pyrrole nitrogens is 1. The van der Waals surface area contributed by atoms with Crippen LogP contribution in [0.5, 0.6) is 0 Å². The lowest BCUT2D eigenvalue weighted by atomic mass is 10.1. The van der Waals surface area contributed by atoms with Crippen LogP contribution in [0.4, 0.5) is 0 Å². The Kier molecular flexibility index (Phi) is 4.72. The first-order valence-corrected chi connectivity index (χ1v) is 7.81. The highest BCUT2D eigenvalue weighted by atomic mass is 16.1. The number of rotatable bonds is 6. The fourth-order valence-electron chi connectivity index (χ4n) is 2.70. The van der Waals surface area contributed by atoms with Crippen LogP contribution < -0.4 is 16.5 Å². The molecule has 0 fully saturated rings. The number of carbonyl (C=O) groups is 1. The highest BCUT2D eigenvalue weighted by molar-refractivity contribution is 5.80. The summed E-state index contributed by atoms with van der Waals surface area (Å²) in [6, 6.07) is 18.1. The minimum absolute atomic E-state index is 0.0418. The van der Waals surface area contributed by atoms with Gasteiger partial charge in [-0.1, -0.05) is 42.5 Å². The molecule has 1 atom stereocenters. The summed E-state index contributed by atoms with van der Waals surface area (Å²) >= 11 is 0. The SMILES string of the molecule is NC(=O)[C@H](Cc1ccccc1)NCc1cc(=O)c2ccccc2[nH]1. The number of fused-ring (bicyclic) bond motifs is 1. The fourth-order valence-corrected chi connectivity index (χ4v) is 2.70. The molecule has 5 heteroatoms. The Balaban J connectivity index is 1.75. The van der Waals surface area contributed by atoms with Gasteiger partial charge < -0.3 is 10.7 Å². The Morgan fingerprint density at radius 2 is 1.79 bits per heavy atom. The number of pyridine rings is 1. The van der Waals surface area contributed by atoms with Crippen molar-refractivity contribution in [1.29, 1.82) is 0 Å². The van der Waals surface area contributed by atoms with E-state index in [4.69, 9.17) is 5.73 Å². The average Bonchev–Trinajstić information content (AvgIpc) is 2.59. The molecule has 0 aliphatic rings. The van der Waals surface area contributed by atoms with Crippen molar-refractivity contribution in [2.75, 3.05) is 0 Å². The van der Waals surface area contributed by atoms with E-state index in [0.29, 0.717) is 18.4 Å². The molecule has 0 aliphatic heterocycles. The predicted octanol–water partition coefficient (Wildman–Crippen LogP) is 1.71. The summed E-state index contributed by atoms with van der Waals surface area (Å²) in [7, 11) is 0. The van der Waals surface area contributed by atoms with Gasteiger partial charge in [-0.2, -0.15) is 0 Å². The predicted molar refractivity (Wildman–Crippen MR) is 94.5 cm³/mol. The quantitative estimate of drug-likeness (QED) is 0.646. The van der Waals surface area contributed by atoms with Crippen molar-refractivity contribution in [3.05, 3.63) is 82.1 Å². The van der Waals surface area contributed by atoms with Gasteiger partial charge in [0.1, 0.15) is 0 Å². The van der Waals surface area contributed by atoms with Crippen LogP contribution in [0.15, 0.2) is 65.5 Å². The second kappa shape index (κ2) is 7.10. The first kappa shape index (κ1) is 16.0. The van der Waals surface area contributed by atoms with Gasteiger partial charge in [-0.25, -0.2) is 0 Å². The third-order valence-electron chi connectivity index (χ3n) is 3.96. The van der Waals surface area contributed by atoms with E-state index in [-0.39, 0.29) is 5.43 Å². The Labute approximate surface area is 139 Å². The molecule has 2 aromatic carbocycles. The largest absolute Gasteiger partial charge is 0.368 e. The summed E-state index contributed by atoms with van der Waals surface area (Å²) in [6.07, 6.45) is 0.508. The topological polar surface area (TPSA) is 88.0 Å². The van der Waals surface area contributed by atoms with Crippen LogP contribution in [0, 0.1) is 0 Å². The van der Waals surface area contributed by atoms with Crippen LogP contribution >= 0.6 is 0 Å². The minimum Gasteiger partial charge on any atom is -0.368 e. The zero-order chi connectivity index (χ0) is 16.9. The van der Waals surface area contributed by atoms with Crippen LogP contribution in [0.25, 0.3) is 10.9 Å². The second-order valence-corrected chi connectivity index (χ2v) is 5.73. The van der Waals surface area contributed by atoms with Crippen LogP contribution in [-0.2, 0) is 17.8 Å². The third kappa shape index (κ3) is 3.70. The van der Waals surface area contributed by atoms with Crippen LogP contribution in [0.3, 0.4) is 0 Å². The summed E-state index contributed by atoms with van der Waals surface area (Å²) in [5, 5.41) is 3.78. The molecule has 122 valence electrons. The number of aromatic amines is 1. The van der Waals surface area contributed by atoms with Crippen molar-refractivity contribution < 1.29 is 4.79 Å². The van der Waals surface area contributed by atoms with E-state index in [2.05, 4.69) is 10.3 Å². The molecule has 1 heterocycles. The van der Waals surface area contributed by atoms with E-state index in [1.54, 1.807) is 12.1 Å². The molecule has 0 aliphatic carbocycles. The molecule has 1 aromatic heterocycles. The number of hydrogen-bond donors (Lipinski definition) is 3. The Morgan fingerprint density at radius 3 is 2.54 bits per heavy atom. The lowest BCUT2D eigenvalue weighted by Gasteiger charge is -2.16. The monoisotopic (exact) mass is 321 g/mol. The Hall–Kier alpha value is -2.92. The lowest BCUT2D eigenvalue weighted by Crippen LogP contribution is -2.42. The van der Waals surface area contributed by atoms with E-state index in [9.17, 15) is 9.59 Å². The van der Waals surface area contributed by atoms with Gasteiger partial charge in [0.2, 0.25) is 5.91 Å². The van der Waals surface area contributed by atoms with E-state index in [0.717, 1.165) is 16.8 Å². The Morgan fingerprint density at radius 1 is 1.08 bits per heavy atom. The minimum atomic E-state index is -0.498. The highest BCUT2D eigenvalue weighted by Gasteiger charge is 2.15. The maximum atomic E-state index is 12.1. The zero-order valence-corrected chi connectivity index (χ0v) is 13.2. The molecule has 0 spiro atoms. The molecule has 3 rings (SSSR count). The van der Waals surface area contributed by atoms with E-state index in [1.165, 1.54) is 0 Å². The fraction of sp³-hybridized carbons (Fsp3) is 0.158. The average molecular weight is 321 g/mol. The van der Waals surface area contributed by atoms with Gasteiger partial charge >= 0.3 is 0 Å². The van der Waals surface area contributed by atoms with E-state index in [1.807, 2.05) is 48.5 Å². The molecule has 4 N–H and O–H groups in total. The molecule has 0 radical (unpaired) electrons. The number of primary amides is 1. The molecule has 0 saturated heterocycles. The number of para-hydroxylation sites is 1. The maximum Gasteiger partial charge on any atom is 0.234 e. The normalized spacial score (nSPS) is 12.2. The first-order chi connectivity index (χ1) is 11.6. The van der Waals surface area contributed by atoms with Crippen LogP contribution in [-0.4, -0.2) is 16.9 Å². The van der Waals surface area contributed by atoms with Gasteiger partial charge in [-0.15, -0.1) is 0 Å². The van der Waals surface area contributed by atoms with Gasteiger partial charge in [0.15, 0.2) is 5.43 Å². The van der Waals surface area contributed by atoms with Gasteiger partial charge in [-0.3, -0.25) is 14.9 Å². The number of benzene rings is 2. The van der Waals surface area contributed by atoms with E-state index >= 15 is 0 Å². The number of amides is 1. The summed E-state index contributed by atoms with van der Waals surface area (Å²) in [6.45, 7) is 0.362. The van der Waals surface area contributed by atoms with E-state index < -0.39 is 11.9 Å². The molecule has 0 unspecified atom stereocenters. The molecule has 24 heavy (non-hydrogen) atoms.